The molecule has 45 nitrogen and oxygen atoms in total. The molecule has 148 heavy (non-hydrogen) atoms. The molecule has 5 fully saturated rings. The van der Waals surface area contributed by atoms with Gasteiger partial charge in [0.2, 0.25) is 29.7 Å². The van der Waals surface area contributed by atoms with Crippen molar-refractivity contribution in [2.75, 3.05) is 60.3 Å². The van der Waals surface area contributed by atoms with Crippen LogP contribution in [0.4, 0.5) is 87.3 Å². The molecule has 5 aliphatic carbocycles. The normalized spacial score (nSPS) is 18.8. The summed E-state index contributed by atoms with van der Waals surface area (Å²) in [5.41, 5.74) is 42.3. The molecule has 10 heterocycles. The fraction of sp³-hybridized carbons (Fsp3) is 0.359. The largest absolute Gasteiger partial charge is 0.497 e. The number of carbonyl (C=O) groups excluding carboxylic acids is 5. The van der Waals surface area contributed by atoms with Crippen LogP contribution in [0, 0.1) is 6.92 Å². The maximum atomic E-state index is 12.2. The number of anilines is 15. The minimum Gasteiger partial charge on any atom is -0.497 e. The molecule has 20 rings (SSSR count). The first kappa shape index (κ1) is 104. The average Bonchev–Trinajstić information content (AvgIpc) is 0.858. The minimum atomic E-state index is -0.139. The number of hydrogen-bond acceptors (Lipinski definition) is 40. The highest BCUT2D eigenvalue weighted by Gasteiger charge is 2.31. The molecule has 0 aliphatic heterocycles. The van der Waals surface area contributed by atoms with Gasteiger partial charge in [-0.15, -0.1) is 10.2 Å². The summed E-state index contributed by atoms with van der Waals surface area (Å²) in [6.45, 7) is 9.49. The van der Waals surface area contributed by atoms with Gasteiger partial charge in [-0.25, -0.2) is 34.3 Å². The molecule has 10 atom stereocenters. The number of Topliss-reactive ketones (excluding diaryl/α,β-unsaturated/α-hetero) is 5. The van der Waals surface area contributed by atoms with Crippen LogP contribution < -0.4 is 86.6 Å². The van der Waals surface area contributed by atoms with E-state index in [1.165, 1.54) is 51.9 Å². The molecule has 5 aromatic carbocycles. The van der Waals surface area contributed by atoms with E-state index < -0.39 is 0 Å². The number of rotatable bonds is 31. The Hall–Kier alpha value is -16.8. The smallest absolute Gasteiger partial charge is 0.224 e. The number of ketones is 5. The van der Waals surface area contributed by atoms with Crippen molar-refractivity contribution < 1.29 is 28.7 Å². The maximum absolute atomic E-state index is 12.2. The van der Waals surface area contributed by atoms with E-state index in [1.807, 2.05) is 145 Å². The van der Waals surface area contributed by atoms with Gasteiger partial charge in [-0.05, 0) is 213 Å². The first-order valence-electron chi connectivity index (χ1n) is 49.8. The molecule has 10 aromatic heterocycles. The van der Waals surface area contributed by atoms with Crippen molar-refractivity contribution in [2.24, 2.45) is 28.7 Å². The molecule has 0 spiro atoms. The Morgan fingerprint density at radius 1 is 0.324 bits per heavy atom. The van der Waals surface area contributed by atoms with Gasteiger partial charge in [-0.1, -0.05) is 87.6 Å². The molecule has 45 heteroatoms. The number of nitrogens with two attached hydrogens (primary N) is 5. The van der Waals surface area contributed by atoms with Crippen LogP contribution in [0.2, 0.25) is 0 Å². The molecule has 5 saturated carbocycles. The monoisotopic (exact) mass is 2000 g/mol. The fourth-order valence-electron chi connectivity index (χ4n) is 18.1. The summed E-state index contributed by atoms with van der Waals surface area (Å²) in [6, 6.07) is 39.4. The molecule has 20 N–H and O–H groups in total. The van der Waals surface area contributed by atoms with Gasteiger partial charge in [0.1, 0.15) is 41.2 Å². The van der Waals surface area contributed by atoms with Gasteiger partial charge in [0.15, 0.2) is 28.9 Å². The lowest BCUT2D eigenvalue weighted by molar-refractivity contribution is 0.100. The molecule has 0 bridgehead atoms. The number of aryl methyl sites for hydroxylation is 1. The van der Waals surface area contributed by atoms with Gasteiger partial charge >= 0.3 is 0 Å². The van der Waals surface area contributed by atoms with Crippen LogP contribution in [0.1, 0.15) is 220 Å². The Labute approximate surface area is 855 Å². The zero-order valence-electron chi connectivity index (χ0n) is 83.6. The molecule has 5 aliphatic rings. The Morgan fingerprint density at radius 2 is 0.635 bits per heavy atom. The van der Waals surface area contributed by atoms with Crippen molar-refractivity contribution in [3.05, 3.63) is 242 Å². The highest BCUT2D eigenvalue weighted by Crippen LogP contribution is 2.35. The van der Waals surface area contributed by atoms with Crippen molar-refractivity contribution in [1.82, 2.24) is 120 Å². The molecular weight excluding hydrogens is 1880 g/mol. The van der Waals surface area contributed by atoms with Gasteiger partial charge < -0.3 is 91.1 Å². The van der Waals surface area contributed by atoms with Crippen LogP contribution >= 0.6 is 0 Å². The number of ether oxygens (including phenoxy) is 1. The second kappa shape index (κ2) is 50.2. The van der Waals surface area contributed by atoms with Gasteiger partial charge in [-0.3, -0.25) is 24.0 Å². The number of benzene rings is 5. The highest BCUT2D eigenvalue weighted by molar-refractivity contribution is 6.02. The van der Waals surface area contributed by atoms with Crippen LogP contribution in [0.3, 0.4) is 0 Å². The number of nitrogens with zero attached hydrogens (tertiary/aromatic N) is 24. The Bertz CT molecular complexity index is 6570. The standard InChI is InChI=1S/C22H26N6O.C21H26N8O2.C21H26N8O.C20H24N8O.C19H23N9O/c1-15(29)18-14-24-22(26-20-10-3-2-9-19(20)23)27-21(18)25-16-7-6-8-17(13-16)28-11-4-5-12-28;1-13(30)17-12-23-21(27-19-6-4-3-5-18(19)22)28-20(17)26-14-9-15(11-16(10-14)31-2)29-24-7-8-25-29;1-13-9-15(11-16(10-13)29-24-7-8-25-29)26-20-17(14(2)30)12-23-21(28-20)27-19-6-4-3-5-18(19)22;1-13(29)16-12-22-20(25-18-8-3-2-7-17(18)21)26-19(16)24-14-5-4-6-15(11-14)28-10-9-23-27-28;1-12(29)15-10-21-19(24-17-8-3-2-7-16(17)20)25-18(15)23-13-5-4-6-14(9-13)28-11-22-26-27-28/h4-8,11-14,19-20H,2-3,9-10,23H2,1H3,(H2,24,25,26,27);7-12,18-19H,3-6,22H2,1-2H3,(H2,23,26,27,28);7-12,18-19H,3-6,22H2,1-2H3,(H2,23,26,27,28);4-6,9-12,17-18H,2-3,7-8,21H2,1H3,(H2,22,24,25,26);4-6,9-11,16-17H,2-3,7-8,20H2,1H3,(H2,21,23,24,25)/t19-,20+;2*18-,19+;17-,18+;16-,17+/m00000/s1. The second-order valence-electron chi connectivity index (χ2n) is 37.1. The average molecular weight is 2010 g/mol. The SMILES string of the molecule is CC(=O)c1cnc(N[C@@H]2CCCC[C@@H]2N)nc1Nc1cc(C)cc(-n2nccn2)c1.CC(=O)c1cnc(N[C@@H]2CCCC[C@@H]2N)nc1Nc1cccc(-n2cccc2)c1.CC(=O)c1cnc(N[C@@H]2CCCC[C@@H]2N)nc1Nc1cccc(-n2ccnn2)c1.CC(=O)c1cnc(N[C@@H]2CCCC[C@@H]2N)nc1Nc1cccc(-n2cnnn2)c1.COc1cc(Nc2nc(N[C@@H]3CCCC[C@@H]3N)ncc2C(C)=O)cc(-n2nccn2)c1. The van der Waals surface area contributed by atoms with Crippen LogP contribution in [-0.2, 0) is 0 Å². The van der Waals surface area contributed by atoms with E-state index in [9.17, 15) is 24.0 Å². The molecule has 0 radical (unpaired) electrons. The first-order valence-corrected chi connectivity index (χ1v) is 49.8. The van der Waals surface area contributed by atoms with Crippen LogP contribution in [0.15, 0.2) is 208 Å². The first-order chi connectivity index (χ1) is 71.8. The lowest BCUT2D eigenvalue weighted by Gasteiger charge is -2.29. The summed E-state index contributed by atoms with van der Waals surface area (Å²) in [4.78, 5) is 108. The van der Waals surface area contributed by atoms with Crippen LogP contribution in [0.5, 0.6) is 5.75 Å². The quantitative estimate of drug-likeness (QED) is 0.0179. The predicted molar refractivity (Wildman–Crippen MR) is 566 cm³/mol. The van der Waals surface area contributed by atoms with Crippen molar-refractivity contribution >= 4 is 116 Å². The minimum absolute atomic E-state index is 0.0590. The zero-order valence-corrected chi connectivity index (χ0v) is 83.6. The van der Waals surface area contributed by atoms with E-state index in [2.05, 4.69) is 149 Å². The Kier molecular flexibility index (Phi) is 35.3. The molecule has 0 amide bonds. The highest BCUT2D eigenvalue weighted by atomic mass is 16.5. The zero-order chi connectivity index (χ0) is 104. The summed E-state index contributed by atoms with van der Waals surface area (Å²) < 4.78 is 10.6. The summed E-state index contributed by atoms with van der Waals surface area (Å²) in [7, 11) is 1.58. The van der Waals surface area contributed by atoms with E-state index in [-0.39, 0.29) is 89.3 Å². The summed E-state index contributed by atoms with van der Waals surface area (Å²) in [5.74, 6) is 4.59. The van der Waals surface area contributed by atoms with Gasteiger partial charge in [0.05, 0.1) is 94.9 Å². The van der Waals surface area contributed by atoms with Gasteiger partial charge in [-0.2, -0.15) is 54.9 Å². The van der Waals surface area contributed by atoms with E-state index in [0.29, 0.717) is 104 Å². The Morgan fingerprint density at radius 3 is 0.953 bits per heavy atom. The topological polar surface area (TPSA) is 615 Å². The second-order valence-corrected chi connectivity index (χ2v) is 37.1. The molecule has 0 saturated heterocycles. The summed E-state index contributed by atoms with van der Waals surface area (Å²) >= 11 is 0. The molecule has 15 aromatic rings. The Balaban J connectivity index is 0.000000132. The van der Waals surface area contributed by atoms with E-state index in [1.54, 1.807) is 83.2 Å². The van der Waals surface area contributed by atoms with Crippen LogP contribution in [0.25, 0.3) is 28.4 Å². The third-order valence-corrected chi connectivity index (χ3v) is 26.1. The predicted octanol–water partition coefficient (Wildman–Crippen LogP) is 14.3. The van der Waals surface area contributed by atoms with Crippen LogP contribution in [-0.4, -0.2) is 216 Å². The molecule has 768 valence electrons. The third-order valence-electron chi connectivity index (χ3n) is 26.1. The van der Waals surface area contributed by atoms with Gasteiger partial charge in [0.25, 0.3) is 0 Å². The number of aromatic nitrogens is 24. The lowest BCUT2D eigenvalue weighted by Crippen LogP contribution is -2.43. The molecular formula is C103H125N39O6. The number of carbonyl (C=O) groups is 5. The third kappa shape index (κ3) is 28.3. The van der Waals surface area contributed by atoms with Crippen molar-refractivity contribution in [1.29, 1.82) is 0 Å². The van der Waals surface area contributed by atoms with E-state index in [0.717, 1.165) is 179 Å². The summed E-state index contributed by atoms with van der Waals surface area (Å²) in [5, 5.41) is 68.7. The van der Waals surface area contributed by atoms with Crippen molar-refractivity contribution in [3.8, 4) is 34.2 Å². The number of hydrogen-bond donors (Lipinski definition) is 15. The van der Waals surface area contributed by atoms with Crippen molar-refractivity contribution in [2.45, 2.75) is 230 Å². The van der Waals surface area contributed by atoms with Crippen molar-refractivity contribution in [3.63, 3.8) is 0 Å². The number of methoxy groups -OCH3 is 1. The lowest BCUT2D eigenvalue weighted by atomic mass is 9.91. The maximum Gasteiger partial charge on any atom is 0.224 e. The fourth-order valence-corrected chi connectivity index (χ4v) is 18.1. The number of tetrazole rings is 1. The van der Waals surface area contributed by atoms with E-state index in [4.69, 9.17) is 33.4 Å². The van der Waals surface area contributed by atoms with E-state index >= 15 is 0 Å². The summed E-state index contributed by atoms with van der Waals surface area (Å²) in [6.07, 6.45) is 44.3. The number of nitrogens with one attached hydrogen (secondary N) is 10. The van der Waals surface area contributed by atoms with Gasteiger partial charge in [0, 0.05) is 150 Å². The molecule has 0 unspecified atom stereocenters.